The van der Waals surface area contributed by atoms with Crippen LogP contribution in [0.25, 0.3) is 10.4 Å². The van der Waals surface area contributed by atoms with E-state index < -0.39 is 29.7 Å². The topological polar surface area (TPSA) is 133 Å². The van der Waals surface area contributed by atoms with E-state index in [-0.39, 0.29) is 13.0 Å². The molecule has 3 atom stereocenters. The van der Waals surface area contributed by atoms with Gasteiger partial charge in [0.1, 0.15) is 6.23 Å². The normalized spacial score (nSPS) is 26.8. The fourth-order valence-electron chi connectivity index (χ4n) is 1.82. The zero-order chi connectivity index (χ0) is 13.1. The van der Waals surface area contributed by atoms with Crippen LogP contribution in [0.2, 0.25) is 0 Å². The van der Waals surface area contributed by atoms with Crippen LogP contribution in [0.4, 0.5) is 0 Å². The molecule has 2 heterocycles. The minimum absolute atomic E-state index is 0.00767. The number of hydrogen-bond acceptors (Lipinski definition) is 5. The third-order valence-corrected chi connectivity index (χ3v) is 2.69. The number of hydrogen-bond donors (Lipinski definition) is 2. The van der Waals surface area contributed by atoms with Gasteiger partial charge in [-0.25, -0.2) is 4.79 Å². The Morgan fingerprint density at radius 3 is 3.11 bits per heavy atom. The molecule has 1 aliphatic heterocycles. The van der Waals surface area contributed by atoms with E-state index in [2.05, 4.69) is 15.0 Å². The van der Waals surface area contributed by atoms with Crippen molar-refractivity contribution in [2.24, 2.45) is 5.11 Å². The average molecular weight is 253 g/mol. The Hall–Kier alpha value is -2.09. The summed E-state index contributed by atoms with van der Waals surface area (Å²) in [4.78, 5) is 27.1. The molecular weight excluding hydrogens is 242 g/mol. The average Bonchev–Trinajstić information content (AvgIpc) is 2.68. The van der Waals surface area contributed by atoms with E-state index in [0.717, 1.165) is 0 Å². The molecule has 1 aliphatic rings. The SMILES string of the molecule is [N-]=[N+]=NC[C@H]1O[C@@H](n2ccc(=O)[nH]c2=O)C[C@@H]1O. The Morgan fingerprint density at radius 2 is 2.44 bits per heavy atom. The first kappa shape index (κ1) is 12.4. The highest BCUT2D eigenvalue weighted by Crippen LogP contribution is 2.27. The second kappa shape index (κ2) is 5.05. The molecule has 2 N–H and O–H groups in total. The Bertz CT molecular complexity index is 587. The summed E-state index contributed by atoms with van der Waals surface area (Å²) in [6.45, 7) is -0.00767. The van der Waals surface area contributed by atoms with Gasteiger partial charge < -0.3 is 9.84 Å². The highest BCUT2D eigenvalue weighted by atomic mass is 16.5. The second-order valence-electron chi connectivity index (χ2n) is 3.86. The highest BCUT2D eigenvalue weighted by Gasteiger charge is 2.34. The molecule has 0 aromatic carbocycles. The maximum absolute atomic E-state index is 11.5. The number of rotatable bonds is 3. The van der Waals surface area contributed by atoms with Crippen LogP contribution < -0.4 is 11.2 Å². The molecule has 1 fully saturated rings. The Morgan fingerprint density at radius 1 is 1.67 bits per heavy atom. The molecule has 0 bridgehead atoms. The van der Waals surface area contributed by atoms with Crippen LogP contribution in [0.3, 0.4) is 0 Å². The van der Waals surface area contributed by atoms with Crippen molar-refractivity contribution in [2.75, 3.05) is 6.54 Å². The van der Waals surface area contributed by atoms with E-state index in [0.29, 0.717) is 0 Å². The molecule has 0 radical (unpaired) electrons. The van der Waals surface area contributed by atoms with Gasteiger partial charge in [-0.1, -0.05) is 5.11 Å². The molecule has 0 aliphatic carbocycles. The highest BCUT2D eigenvalue weighted by molar-refractivity contribution is 4.88. The molecule has 0 spiro atoms. The Balaban J connectivity index is 2.19. The van der Waals surface area contributed by atoms with E-state index in [1.54, 1.807) is 0 Å². The molecule has 2 rings (SSSR count). The summed E-state index contributed by atoms with van der Waals surface area (Å²) in [5.74, 6) is 0. The van der Waals surface area contributed by atoms with E-state index in [1.165, 1.54) is 16.8 Å². The van der Waals surface area contributed by atoms with Gasteiger partial charge in [0.05, 0.1) is 18.8 Å². The first-order chi connectivity index (χ1) is 8.61. The molecule has 0 unspecified atom stereocenters. The van der Waals surface area contributed by atoms with Crippen molar-refractivity contribution in [3.05, 3.63) is 43.5 Å². The van der Waals surface area contributed by atoms with Gasteiger partial charge >= 0.3 is 5.69 Å². The monoisotopic (exact) mass is 253 g/mol. The number of H-pyrrole nitrogens is 1. The minimum atomic E-state index is -0.820. The third kappa shape index (κ3) is 2.43. The summed E-state index contributed by atoms with van der Waals surface area (Å²) < 4.78 is 6.59. The van der Waals surface area contributed by atoms with Crippen LogP contribution in [0, 0.1) is 0 Å². The van der Waals surface area contributed by atoms with Gasteiger partial charge in [-0.15, -0.1) is 0 Å². The zero-order valence-corrected chi connectivity index (χ0v) is 9.26. The van der Waals surface area contributed by atoms with Crippen molar-refractivity contribution in [1.82, 2.24) is 9.55 Å². The number of azide groups is 1. The minimum Gasteiger partial charge on any atom is -0.390 e. The number of aliphatic hydroxyl groups excluding tert-OH is 1. The number of ether oxygens (including phenoxy) is 1. The lowest BCUT2D eigenvalue weighted by Crippen LogP contribution is -2.31. The number of aromatic nitrogens is 2. The Kier molecular flexibility index (Phi) is 3.47. The number of nitrogens with zero attached hydrogens (tertiary/aromatic N) is 4. The smallest absolute Gasteiger partial charge is 0.330 e. The maximum atomic E-state index is 11.5. The summed E-state index contributed by atoms with van der Waals surface area (Å²) in [6.07, 6.45) is -0.654. The predicted molar refractivity (Wildman–Crippen MR) is 59.9 cm³/mol. The quantitative estimate of drug-likeness (QED) is 0.426. The summed E-state index contributed by atoms with van der Waals surface area (Å²) in [5.41, 5.74) is 7.09. The largest absolute Gasteiger partial charge is 0.390 e. The van der Waals surface area contributed by atoms with Crippen molar-refractivity contribution in [3.8, 4) is 0 Å². The summed E-state index contributed by atoms with van der Waals surface area (Å²) in [6, 6.07) is 1.19. The molecule has 1 aromatic heterocycles. The van der Waals surface area contributed by atoms with E-state index in [4.69, 9.17) is 10.3 Å². The van der Waals surface area contributed by atoms with Gasteiger partial charge in [0.2, 0.25) is 0 Å². The van der Waals surface area contributed by atoms with Crippen molar-refractivity contribution < 1.29 is 9.84 Å². The standard InChI is InChI=1S/C9H11N5O4/c10-13-11-4-6-5(15)3-8(18-6)14-2-1-7(16)12-9(14)17/h1-2,5-6,8,15H,3-4H2,(H,12,16,17)/t5-,6+,8+/m0/s1. The van der Waals surface area contributed by atoms with Gasteiger partial charge in [-0.05, 0) is 5.53 Å². The number of aromatic amines is 1. The lowest BCUT2D eigenvalue weighted by Gasteiger charge is -2.13. The molecule has 1 aromatic rings. The van der Waals surface area contributed by atoms with Crippen molar-refractivity contribution in [1.29, 1.82) is 0 Å². The van der Waals surface area contributed by atoms with Crippen molar-refractivity contribution >= 4 is 0 Å². The van der Waals surface area contributed by atoms with Crippen LogP contribution in [-0.4, -0.2) is 33.4 Å². The first-order valence-corrected chi connectivity index (χ1v) is 5.27. The lowest BCUT2D eigenvalue weighted by molar-refractivity contribution is -0.0150. The molecule has 96 valence electrons. The van der Waals surface area contributed by atoms with Crippen LogP contribution in [0.15, 0.2) is 27.0 Å². The summed E-state index contributed by atoms with van der Waals surface area (Å²) >= 11 is 0. The van der Waals surface area contributed by atoms with E-state index in [1.807, 2.05) is 0 Å². The van der Waals surface area contributed by atoms with Crippen LogP contribution in [0.1, 0.15) is 12.6 Å². The summed E-state index contributed by atoms with van der Waals surface area (Å²) in [7, 11) is 0. The van der Waals surface area contributed by atoms with Gasteiger partial charge in [0.25, 0.3) is 5.56 Å². The lowest BCUT2D eigenvalue weighted by atomic mass is 10.2. The number of nitrogens with one attached hydrogen (secondary N) is 1. The van der Waals surface area contributed by atoms with E-state index in [9.17, 15) is 14.7 Å². The molecule has 9 nitrogen and oxygen atoms in total. The molecule has 0 saturated carbocycles. The van der Waals surface area contributed by atoms with Gasteiger partial charge in [0.15, 0.2) is 0 Å². The fraction of sp³-hybridized carbons (Fsp3) is 0.556. The zero-order valence-electron chi connectivity index (χ0n) is 9.26. The third-order valence-electron chi connectivity index (χ3n) is 2.69. The van der Waals surface area contributed by atoms with Crippen LogP contribution in [0.5, 0.6) is 0 Å². The molecular formula is C9H11N5O4. The van der Waals surface area contributed by atoms with Crippen LogP contribution in [-0.2, 0) is 4.74 Å². The Labute approximate surface area is 100 Å². The molecule has 1 saturated heterocycles. The van der Waals surface area contributed by atoms with Gasteiger partial charge in [0, 0.05) is 23.6 Å². The van der Waals surface area contributed by atoms with Crippen molar-refractivity contribution in [2.45, 2.75) is 24.9 Å². The van der Waals surface area contributed by atoms with Gasteiger partial charge in [-0.3, -0.25) is 14.3 Å². The van der Waals surface area contributed by atoms with Crippen molar-refractivity contribution in [3.63, 3.8) is 0 Å². The molecule has 9 heteroatoms. The van der Waals surface area contributed by atoms with Gasteiger partial charge in [-0.2, -0.15) is 0 Å². The fourth-order valence-corrected chi connectivity index (χ4v) is 1.82. The number of aliphatic hydroxyl groups is 1. The maximum Gasteiger partial charge on any atom is 0.330 e. The first-order valence-electron chi connectivity index (χ1n) is 5.27. The van der Waals surface area contributed by atoms with E-state index >= 15 is 0 Å². The molecule has 18 heavy (non-hydrogen) atoms. The predicted octanol–water partition coefficient (Wildman–Crippen LogP) is -0.505. The summed E-state index contributed by atoms with van der Waals surface area (Å²) in [5, 5.41) is 13.0. The second-order valence-corrected chi connectivity index (χ2v) is 3.86. The molecule has 0 amide bonds. The van der Waals surface area contributed by atoms with Crippen LogP contribution >= 0.6 is 0 Å².